The van der Waals surface area contributed by atoms with Gasteiger partial charge in [0.25, 0.3) is 0 Å². The quantitative estimate of drug-likeness (QED) is 0.672. The fourth-order valence-electron chi connectivity index (χ4n) is 6.76. The van der Waals surface area contributed by atoms with Crippen LogP contribution in [0.4, 0.5) is 0 Å². The van der Waals surface area contributed by atoms with Crippen LogP contribution in [0.5, 0.6) is 0 Å². The second kappa shape index (κ2) is 4.74. The molecule has 2 N–H and O–H groups in total. The first-order valence-electron chi connectivity index (χ1n) is 9.37. The lowest BCUT2D eigenvalue weighted by Crippen LogP contribution is -2.64. The molecule has 0 amide bonds. The van der Waals surface area contributed by atoms with Gasteiger partial charge >= 0.3 is 0 Å². The molecule has 0 spiro atoms. The standard InChI is InChI=1S/C21H28O3/c1-4-20(23)10-8-16-17-6-5-14-13-15(22)7-9-18(14,2)21(17,24)12-11-19(16,20)3/h1,13,16-17,23-24H,5-12H2,2-3H3/t16-,17-,18-,19-,20+,21+/m0/s1. The van der Waals surface area contributed by atoms with E-state index >= 15 is 0 Å². The van der Waals surface area contributed by atoms with Gasteiger partial charge in [-0.2, -0.15) is 0 Å². The van der Waals surface area contributed by atoms with Crippen LogP contribution in [0.2, 0.25) is 0 Å². The molecule has 0 aromatic carbocycles. The maximum Gasteiger partial charge on any atom is 0.155 e. The third-order valence-electron chi connectivity index (χ3n) is 8.54. The van der Waals surface area contributed by atoms with E-state index in [0.717, 1.165) is 37.7 Å². The Morgan fingerprint density at radius 1 is 1.08 bits per heavy atom. The van der Waals surface area contributed by atoms with Gasteiger partial charge in [0.1, 0.15) is 5.60 Å². The molecule has 0 bridgehead atoms. The fraction of sp³-hybridized carbons (Fsp3) is 0.762. The van der Waals surface area contributed by atoms with Crippen molar-refractivity contribution in [3.8, 4) is 12.3 Å². The van der Waals surface area contributed by atoms with Gasteiger partial charge in [0.2, 0.25) is 0 Å². The molecule has 3 nitrogen and oxygen atoms in total. The van der Waals surface area contributed by atoms with E-state index in [1.165, 1.54) is 0 Å². The summed E-state index contributed by atoms with van der Waals surface area (Å²) >= 11 is 0. The number of hydrogen-bond donors (Lipinski definition) is 2. The molecule has 0 aromatic heterocycles. The first kappa shape index (κ1) is 16.4. The SMILES string of the molecule is C#C[C@@]1(O)CC[C@H]2[C@@H]3CCC4=CC(=O)CC[C@]4(C)[C@@]3(O)CC[C@@]21C. The zero-order valence-corrected chi connectivity index (χ0v) is 14.8. The highest BCUT2D eigenvalue weighted by Gasteiger charge is 2.68. The number of terminal acetylenes is 1. The topological polar surface area (TPSA) is 57.5 Å². The van der Waals surface area contributed by atoms with Crippen LogP contribution >= 0.6 is 0 Å². The Hall–Kier alpha value is -1.11. The minimum atomic E-state index is -1.04. The molecule has 3 fully saturated rings. The normalized spacial score (nSPS) is 53.5. The fourth-order valence-corrected chi connectivity index (χ4v) is 6.76. The minimum absolute atomic E-state index is 0.161. The van der Waals surface area contributed by atoms with Crippen LogP contribution in [0.25, 0.3) is 0 Å². The van der Waals surface area contributed by atoms with Gasteiger partial charge in [-0.25, -0.2) is 0 Å². The summed E-state index contributed by atoms with van der Waals surface area (Å²) in [5.74, 6) is 3.30. The summed E-state index contributed by atoms with van der Waals surface area (Å²) in [6, 6.07) is 0. The molecule has 3 heteroatoms. The summed E-state index contributed by atoms with van der Waals surface area (Å²) in [5, 5.41) is 22.8. The Morgan fingerprint density at radius 2 is 1.83 bits per heavy atom. The second-order valence-corrected chi connectivity index (χ2v) is 9.10. The van der Waals surface area contributed by atoms with Crippen LogP contribution in [0.15, 0.2) is 11.6 Å². The third-order valence-corrected chi connectivity index (χ3v) is 8.54. The van der Waals surface area contributed by atoms with Crippen molar-refractivity contribution in [2.45, 2.75) is 76.4 Å². The van der Waals surface area contributed by atoms with Crippen molar-refractivity contribution >= 4 is 5.78 Å². The van der Waals surface area contributed by atoms with E-state index in [-0.39, 0.29) is 28.4 Å². The Kier molecular flexibility index (Phi) is 3.23. The third kappa shape index (κ3) is 1.69. The van der Waals surface area contributed by atoms with Crippen molar-refractivity contribution in [2.75, 3.05) is 0 Å². The molecule has 6 atom stereocenters. The zero-order chi connectivity index (χ0) is 17.4. The Labute approximate surface area is 144 Å². The van der Waals surface area contributed by atoms with E-state index in [4.69, 9.17) is 6.42 Å². The zero-order valence-electron chi connectivity index (χ0n) is 14.8. The number of rotatable bonds is 0. The summed E-state index contributed by atoms with van der Waals surface area (Å²) in [4.78, 5) is 11.9. The van der Waals surface area contributed by atoms with Crippen LogP contribution in [0.3, 0.4) is 0 Å². The Balaban J connectivity index is 1.77. The van der Waals surface area contributed by atoms with Gasteiger partial charge in [-0.3, -0.25) is 4.79 Å². The molecule has 4 rings (SSSR count). The number of fused-ring (bicyclic) bond motifs is 5. The molecular formula is C21H28O3. The molecule has 0 saturated heterocycles. The first-order valence-corrected chi connectivity index (χ1v) is 9.37. The minimum Gasteiger partial charge on any atom is -0.389 e. The highest BCUT2D eigenvalue weighted by Crippen LogP contribution is 2.68. The first-order chi connectivity index (χ1) is 11.2. The average molecular weight is 328 g/mol. The lowest BCUT2D eigenvalue weighted by Gasteiger charge is -2.63. The molecule has 0 unspecified atom stereocenters. The van der Waals surface area contributed by atoms with Crippen LogP contribution in [0, 0.1) is 35.0 Å². The van der Waals surface area contributed by atoms with Crippen molar-refractivity contribution < 1.29 is 15.0 Å². The molecule has 0 aromatic rings. The number of carbonyl (C=O) groups is 1. The summed E-state index contributed by atoms with van der Waals surface area (Å²) in [6.07, 6.45) is 13.5. The number of aliphatic hydroxyl groups is 2. The number of hydrogen-bond acceptors (Lipinski definition) is 3. The van der Waals surface area contributed by atoms with E-state index in [2.05, 4.69) is 19.8 Å². The molecule has 24 heavy (non-hydrogen) atoms. The molecule has 4 aliphatic carbocycles. The number of carbonyl (C=O) groups excluding carboxylic acids is 1. The van der Waals surface area contributed by atoms with Gasteiger partial charge in [0, 0.05) is 17.3 Å². The van der Waals surface area contributed by atoms with Gasteiger partial charge in [-0.1, -0.05) is 25.3 Å². The van der Waals surface area contributed by atoms with E-state index in [1.807, 2.05) is 0 Å². The number of ketones is 1. The molecule has 130 valence electrons. The van der Waals surface area contributed by atoms with Gasteiger partial charge in [-0.15, -0.1) is 6.42 Å². The summed E-state index contributed by atoms with van der Waals surface area (Å²) < 4.78 is 0. The Bertz CT molecular complexity index is 673. The van der Waals surface area contributed by atoms with Crippen LogP contribution < -0.4 is 0 Å². The van der Waals surface area contributed by atoms with Crippen LogP contribution in [0.1, 0.15) is 65.2 Å². The second-order valence-electron chi connectivity index (χ2n) is 9.10. The van der Waals surface area contributed by atoms with E-state index in [0.29, 0.717) is 19.3 Å². The van der Waals surface area contributed by atoms with Gasteiger partial charge in [-0.05, 0) is 62.9 Å². The lowest BCUT2D eigenvalue weighted by molar-refractivity contribution is -0.202. The Morgan fingerprint density at radius 3 is 2.54 bits per heavy atom. The van der Waals surface area contributed by atoms with Crippen molar-refractivity contribution in [3.63, 3.8) is 0 Å². The summed E-state index contributed by atoms with van der Waals surface area (Å²) in [6.45, 7) is 4.28. The van der Waals surface area contributed by atoms with Crippen molar-refractivity contribution in [3.05, 3.63) is 11.6 Å². The molecule has 0 aliphatic heterocycles. The van der Waals surface area contributed by atoms with E-state index in [1.54, 1.807) is 6.08 Å². The molecule has 0 radical (unpaired) electrons. The van der Waals surface area contributed by atoms with E-state index in [9.17, 15) is 15.0 Å². The highest BCUT2D eigenvalue weighted by molar-refractivity contribution is 5.91. The van der Waals surface area contributed by atoms with Crippen molar-refractivity contribution in [1.82, 2.24) is 0 Å². The van der Waals surface area contributed by atoms with Gasteiger partial charge < -0.3 is 10.2 Å². The smallest absolute Gasteiger partial charge is 0.155 e. The molecule has 4 aliphatic rings. The van der Waals surface area contributed by atoms with E-state index < -0.39 is 11.2 Å². The predicted octanol–water partition coefficient (Wildman–Crippen LogP) is 3.00. The maximum atomic E-state index is 11.9. The van der Waals surface area contributed by atoms with Gasteiger partial charge in [0.15, 0.2) is 5.78 Å². The largest absolute Gasteiger partial charge is 0.389 e. The van der Waals surface area contributed by atoms with Crippen LogP contribution in [-0.2, 0) is 4.79 Å². The predicted molar refractivity (Wildman–Crippen MR) is 92.0 cm³/mol. The summed E-state index contributed by atoms with van der Waals surface area (Å²) in [7, 11) is 0. The average Bonchev–Trinajstić information content (AvgIpc) is 2.82. The molecule has 0 heterocycles. The maximum absolute atomic E-state index is 11.9. The van der Waals surface area contributed by atoms with Gasteiger partial charge in [0.05, 0.1) is 5.60 Å². The molecular weight excluding hydrogens is 300 g/mol. The van der Waals surface area contributed by atoms with Crippen molar-refractivity contribution in [1.29, 1.82) is 0 Å². The molecule has 3 saturated carbocycles. The lowest BCUT2D eigenvalue weighted by atomic mass is 9.44. The summed E-state index contributed by atoms with van der Waals surface area (Å²) in [5.41, 5.74) is -1.28. The van der Waals surface area contributed by atoms with Crippen LogP contribution in [-0.4, -0.2) is 27.2 Å². The monoisotopic (exact) mass is 328 g/mol. The highest BCUT2D eigenvalue weighted by atomic mass is 16.3. The van der Waals surface area contributed by atoms with Crippen molar-refractivity contribution in [2.24, 2.45) is 22.7 Å².